The van der Waals surface area contributed by atoms with Gasteiger partial charge in [-0.1, -0.05) is 12.8 Å². The van der Waals surface area contributed by atoms with Crippen molar-refractivity contribution >= 4 is 11.9 Å². The molecule has 1 fully saturated rings. The molecule has 0 aromatic carbocycles. The molecule has 0 amide bonds. The van der Waals surface area contributed by atoms with E-state index in [0.717, 1.165) is 25.7 Å². The first kappa shape index (κ1) is 10.9. The number of carbonyl (C=O) groups excluding carboxylic acids is 1. The van der Waals surface area contributed by atoms with Crippen LogP contribution in [0.15, 0.2) is 0 Å². The van der Waals surface area contributed by atoms with E-state index in [1.165, 1.54) is 7.11 Å². The molecule has 1 aliphatic rings. The predicted octanol–water partition coefficient (Wildman–Crippen LogP) is 0.834. The fraction of sp³-hybridized carbons (Fsp3) is 0.700. The lowest BCUT2D eigenvalue weighted by Gasteiger charge is -2.27. The number of anilines is 1. The van der Waals surface area contributed by atoms with Crippen molar-refractivity contribution in [1.82, 2.24) is 15.2 Å². The molecule has 0 bridgehead atoms. The van der Waals surface area contributed by atoms with Gasteiger partial charge in [-0.3, -0.25) is 9.89 Å². The molecule has 16 heavy (non-hydrogen) atoms. The van der Waals surface area contributed by atoms with Gasteiger partial charge in [-0.15, -0.1) is 5.10 Å². The van der Waals surface area contributed by atoms with Gasteiger partial charge in [-0.05, 0) is 12.8 Å². The standard InChI is InChI=1S/C10H16N4O2/c1-16-9(15)7-5-3-2-4-6(7)8-12-10(11)14-13-8/h6-7H,2-5H2,1H3,(H3,11,12,13,14)/t6-,7-/m1/s1. The van der Waals surface area contributed by atoms with E-state index in [1.807, 2.05) is 0 Å². The van der Waals surface area contributed by atoms with Crippen LogP contribution >= 0.6 is 0 Å². The topological polar surface area (TPSA) is 93.9 Å². The van der Waals surface area contributed by atoms with Crippen LogP contribution in [0.2, 0.25) is 0 Å². The molecule has 0 spiro atoms. The maximum absolute atomic E-state index is 11.6. The van der Waals surface area contributed by atoms with Gasteiger partial charge >= 0.3 is 5.97 Å². The number of rotatable bonds is 2. The Balaban J connectivity index is 2.19. The fourth-order valence-corrected chi connectivity index (χ4v) is 2.35. The van der Waals surface area contributed by atoms with Crippen molar-refractivity contribution in [1.29, 1.82) is 0 Å². The second kappa shape index (κ2) is 4.51. The minimum Gasteiger partial charge on any atom is -0.469 e. The van der Waals surface area contributed by atoms with E-state index in [9.17, 15) is 4.79 Å². The Bertz CT molecular complexity index is 377. The van der Waals surface area contributed by atoms with Crippen molar-refractivity contribution < 1.29 is 9.53 Å². The molecule has 1 heterocycles. The Morgan fingerprint density at radius 2 is 2.25 bits per heavy atom. The van der Waals surface area contributed by atoms with Crippen molar-refractivity contribution in [2.75, 3.05) is 12.8 Å². The van der Waals surface area contributed by atoms with Crippen LogP contribution < -0.4 is 5.73 Å². The van der Waals surface area contributed by atoms with E-state index in [-0.39, 0.29) is 23.8 Å². The lowest BCUT2D eigenvalue weighted by atomic mass is 9.79. The normalized spacial score (nSPS) is 25.3. The monoisotopic (exact) mass is 224 g/mol. The first-order valence-electron chi connectivity index (χ1n) is 5.48. The number of aromatic nitrogens is 3. The van der Waals surface area contributed by atoms with Gasteiger partial charge in [0.1, 0.15) is 5.82 Å². The van der Waals surface area contributed by atoms with Crippen molar-refractivity contribution in [3.05, 3.63) is 5.82 Å². The zero-order chi connectivity index (χ0) is 11.5. The summed E-state index contributed by atoms with van der Waals surface area (Å²) in [4.78, 5) is 15.7. The summed E-state index contributed by atoms with van der Waals surface area (Å²) in [5, 5.41) is 6.59. The SMILES string of the molecule is COC(=O)[C@@H]1CCCC[C@H]1c1nc(N)n[nH]1. The molecule has 0 radical (unpaired) electrons. The quantitative estimate of drug-likeness (QED) is 0.726. The minimum absolute atomic E-state index is 0.0611. The van der Waals surface area contributed by atoms with Crippen LogP contribution in [0.1, 0.15) is 37.4 Å². The zero-order valence-electron chi connectivity index (χ0n) is 9.27. The third-order valence-corrected chi connectivity index (χ3v) is 3.14. The summed E-state index contributed by atoms with van der Waals surface area (Å²) in [6.45, 7) is 0. The molecule has 3 N–H and O–H groups in total. The second-order valence-corrected chi connectivity index (χ2v) is 4.10. The Labute approximate surface area is 93.6 Å². The number of nitrogens with two attached hydrogens (primary N) is 1. The van der Waals surface area contributed by atoms with Gasteiger partial charge in [0.05, 0.1) is 13.0 Å². The summed E-state index contributed by atoms with van der Waals surface area (Å²) >= 11 is 0. The highest BCUT2D eigenvalue weighted by Crippen LogP contribution is 2.36. The molecule has 2 rings (SSSR count). The predicted molar refractivity (Wildman–Crippen MR) is 57.5 cm³/mol. The lowest BCUT2D eigenvalue weighted by Crippen LogP contribution is -2.27. The van der Waals surface area contributed by atoms with Gasteiger partial charge < -0.3 is 10.5 Å². The Morgan fingerprint density at radius 3 is 2.88 bits per heavy atom. The molecule has 0 aliphatic heterocycles. The third kappa shape index (κ3) is 2.00. The van der Waals surface area contributed by atoms with Gasteiger partial charge in [0, 0.05) is 5.92 Å². The highest BCUT2D eigenvalue weighted by Gasteiger charge is 2.34. The van der Waals surface area contributed by atoms with Crippen molar-refractivity contribution in [3.63, 3.8) is 0 Å². The number of nitrogen functional groups attached to an aromatic ring is 1. The molecule has 6 heteroatoms. The molecule has 0 saturated heterocycles. The van der Waals surface area contributed by atoms with Crippen LogP contribution in [0.4, 0.5) is 5.95 Å². The van der Waals surface area contributed by atoms with Crippen LogP contribution in [-0.4, -0.2) is 28.3 Å². The molecule has 88 valence electrons. The van der Waals surface area contributed by atoms with E-state index in [1.54, 1.807) is 0 Å². The average molecular weight is 224 g/mol. The number of nitrogens with zero attached hydrogens (tertiary/aromatic N) is 2. The van der Waals surface area contributed by atoms with Crippen molar-refractivity contribution in [2.24, 2.45) is 5.92 Å². The maximum atomic E-state index is 11.6. The number of methoxy groups -OCH3 is 1. The Morgan fingerprint density at radius 1 is 1.50 bits per heavy atom. The largest absolute Gasteiger partial charge is 0.469 e. The van der Waals surface area contributed by atoms with Crippen LogP contribution in [-0.2, 0) is 9.53 Å². The number of H-pyrrole nitrogens is 1. The van der Waals surface area contributed by atoms with Gasteiger partial charge in [0.15, 0.2) is 0 Å². The number of nitrogens with one attached hydrogen (secondary N) is 1. The van der Waals surface area contributed by atoms with Crippen molar-refractivity contribution in [3.8, 4) is 0 Å². The van der Waals surface area contributed by atoms with E-state index in [0.29, 0.717) is 5.82 Å². The zero-order valence-corrected chi connectivity index (χ0v) is 9.27. The summed E-state index contributed by atoms with van der Waals surface area (Å²) in [6, 6.07) is 0. The van der Waals surface area contributed by atoms with E-state index in [2.05, 4.69) is 15.2 Å². The van der Waals surface area contributed by atoms with E-state index in [4.69, 9.17) is 10.5 Å². The molecule has 0 unspecified atom stereocenters. The Hall–Kier alpha value is -1.59. The van der Waals surface area contributed by atoms with Crippen molar-refractivity contribution in [2.45, 2.75) is 31.6 Å². The smallest absolute Gasteiger partial charge is 0.309 e. The number of esters is 1. The fourth-order valence-electron chi connectivity index (χ4n) is 2.35. The maximum Gasteiger partial charge on any atom is 0.309 e. The molecular formula is C10H16N4O2. The molecular weight excluding hydrogens is 208 g/mol. The molecule has 1 saturated carbocycles. The second-order valence-electron chi connectivity index (χ2n) is 4.10. The van der Waals surface area contributed by atoms with Crippen LogP contribution in [0.5, 0.6) is 0 Å². The van der Waals surface area contributed by atoms with E-state index >= 15 is 0 Å². The highest BCUT2D eigenvalue weighted by molar-refractivity contribution is 5.73. The summed E-state index contributed by atoms with van der Waals surface area (Å²) in [5.74, 6) is 0.702. The summed E-state index contributed by atoms with van der Waals surface area (Å²) in [6.07, 6.45) is 3.92. The molecule has 6 nitrogen and oxygen atoms in total. The molecule has 1 aromatic rings. The number of hydrogen-bond acceptors (Lipinski definition) is 5. The number of aromatic amines is 1. The third-order valence-electron chi connectivity index (χ3n) is 3.14. The molecule has 1 aliphatic carbocycles. The number of ether oxygens (including phenoxy) is 1. The first-order valence-corrected chi connectivity index (χ1v) is 5.48. The Kier molecular flexibility index (Phi) is 3.07. The van der Waals surface area contributed by atoms with Gasteiger partial charge in [0.2, 0.25) is 5.95 Å². The van der Waals surface area contributed by atoms with Gasteiger partial charge in [-0.2, -0.15) is 4.98 Å². The van der Waals surface area contributed by atoms with E-state index < -0.39 is 0 Å². The highest BCUT2D eigenvalue weighted by atomic mass is 16.5. The van der Waals surface area contributed by atoms with Crippen LogP contribution in [0.25, 0.3) is 0 Å². The van der Waals surface area contributed by atoms with Crippen LogP contribution in [0, 0.1) is 5.92 Å². The summed E-state index contributed by atoms with van der Waals surface area (Å²) < 4.78 is 4.82. The van der Waals surface area contributed by atoms with Gasteiger partial charge in [0.25, 0.3) is 0 Å². The number of hydrogen-bond donors (Lipinski definition) is 2. The molecule has 1 aromatic heterocycles. The molecule has 2 atom stereocenters. The number of carbonyl (C=O) groups is 1. The van der Waals surface area contributed by atoms with Crippen LogP contribution in [0.3, 0.4) is 0 Å². The van der Waals surface area contributed by atoms with Gasteiger partial charge in [-0.25, -0.2) is 0 Å². The first-order chi connectivity index (χ1) is 7.72. The lowest BCUT2D eigenvalue weighted by molar-refractivity contribution is -0.147. The average Bonchev–Trinajstić information content (AvgIpc) is 2.75. The summed E-state index contributed by atoms with van der Waals surface area (Å²) in [5.41, 5.74) is 5.47. The minimum atomic E-state index is -0.167. The summed E-state index contributed by atoms with van der Waals surface area (Å²) in [7, 11) is 1.42.